The number of hydrogen-bond donors (Lipinski definition) is 2. The van der Waals surface area contributed by atoms with E-state index >= 15 is 0 Å². The zero-order chi connectivity index (χ0) is 11.7. The highest BCUT2D eigenvalue weighted by Gasteiger charge is 2.44. The Labute approximate surface area is 93.3 Å². The lowest BCUT2D eigenvalue weighted by molar-refractivity contribution is -0.138. The number of carbonyl (C=O) groups excluding carboxylic acids is 1. The first-order chi connectivity index (χ1) is 7.58. The number of rotatable bonds is 3. The Morgan fingerprint density at radius 3 is 2.75 bits per heavy atom. The van der Waals surface area contributed by atoms with Gasteiger partial charge in [-0.05, 0) is 30.0 Å². The lowest BCUT2D eigenvalue weighted by atomic mass is 10.1. The number of aliphatic carboxylic acids is 1. The van der Waals surface area contributed by atoms with E-state index in [0.717, 1.165) is 11.3 Å². The molecule has 1 aromatic carbocycles. The predicted molar refractivity (Wildman–Crippen MR) is 59.2 cm³/mol. The summed E-state index contributed by atoms with van der Waals surface area (Å²) < 4.78 is 0. The molecule has 0 spiro atoms. The fraction of sp³-hybridized carbons (Fsp3) is 0.333. The van der Waals surface area contributed by atoms with Crippen LogP contribution in [0.25, 0.3) is 0 Å². The largest absolute Gasteiger partial charge is 0.481 e. The van der Waals surface area contributed by atoms with Crippen LogP contribution in [0.15, 0.2) is 24.3 Å². The Morgan fingerprint density at radius 2 is 2.19 bits per heavy atom. The Balaban J connectivity index is 2.12. The van der Waals surface area contributed by atoms with Crippen LogP contribution in [0.4, 0.5) is 5.69 Å². The van der Waals surface area contributed by atoms with Crippen LogP contribution in [0.2, 0.25) is 0 Å². The topological polar surface area (TPSA) is 66.4 Å². The monoisotopic (exact) mass is 219 g/mol. The van der Waals surface area contributed by atoms with Gasteiger partial charge in [0.05, 0.1) is 5.92 Å². The average Bonchev–Trinajstić information content (AvgIpc) is 2.96. The Kier molecular flexibility index (Phi) is 2.64. The van der Waals surface area contributed by atoms with Crippen molar-refractivity contribution in [1.82, 2.24) is 0 Å². The molecule has 2 rings (SSSR count). The summed E-state index contributed by atoms with van der Waals surface area (Å²) in [5.74, 6) is -1.02. The van der Waals surface area contributed by atoms with E-state index in [1.807, 2.05) is 18.2 Å². The summed E-state index contributed by atoms with van der Waals surface area (Å²) in [6, 6.07) is 7.37. The molecule has 0 aliphatic heterocycles. The second kappa shape index (κ2) is 3.96. The molecule has 1 amide bonds. The Hall–Kier alpha value is -1.84. The predicted octanol–water partition coefficient (Wildman–Crippen LogP) is 1.83. The number of nitrogens with one attached hydrogen (secondary N) is 1. The van der Waals surface area contributed by atoms with Crippen molar-refractivity contribution in [3.63, 3.8) is 0 Å². The number of carboxylic acids is 1. The van der Waals surface area contributed by atoms with Crippen molar-refractivity contribution in [2.45, 2.75) is 19.3 Å². The minimum absolute atomic E-state index is 0.103. The lowest BCUT2D eigenvalue weighted by Crippen LogP contribution is -2.06. The SMILES string of the molecule is CC(=O)Nc1cccc(C2CC2C(=O)O)c1. The average molecular weight is 219 g/mol. The summed E-state index contributed by atoms with van der Waals surface area (Å²) in [6.45, 7) is 1.45. The molecule has 0 radical (unpaired) electrons. The van der Waals surface area contributed by atoms with E-state index in [-0.39, 0.29) is 17.7 Å². The van der Waals surface area contributed by atoms with E-state index < -0.39 is 5.97 Å². The summed E-state index contributed by atoms with van der Waals surface area (Å²) >= 11 is 0. The highest BCUT2D eigenvalue weighted by molar-refractivity contribution is 5.88. The third-order valence-electron chi connectivity index (χ3n) is 2.74. The molecule has 0 saturated heterocycles. The van der Waals surface area contributed by atoms with Crippen LogP contribution in [0.3, 0.4) is 0 Å². The van der Waals surface area contributed by atoms with Crippen LogP contribution in [0.5, 0.6) is 0 Å². The molecule has 1 aliphatic rings. The van der Waals surface area contributed by atoms with Crippen molar-refractivity contribution in [3.8, 4) is 0 Å². The molecule has 16 heavy (non-hydrogen) atoms. The van der Waals surface area contributed by atoms with E-state index in [9.17, 15) is 9.59 Å². The Bertz CT molecular complexity index is 442. The summed E-state index contributed by atoms with van der Waals surface area (Å²) in [5, 5.41) is 11.5. The molecule has 1 aromatic rings. The van der Waals surface area contributed by atoms with Crippen LogP contribution in [-0.2, 0) is 9.59 Å². The molecular weight excluding hydrogens is 206 g/mol. The van der Waals surface area contributed by atoms with E-state index in [2.05, 4.69) is 5.32 Å². The van der Waals surface area contributed by atoms with Gasteiger partial charge in [0.2, 0.25) is 5.91 Å². The highest BCUT2D eigenvalue weighted by Crippen LogP contribution is 2.47. The minimum atomic E-state index is -0.741. The maximum absolute atomic E-state index is 10.9. The van der Waals surface area contributed by atoms with Crippen molar-refractivity contribution in [2.75, 3.05) is 5.32 Å². The summed E-state index contributed by atoms with van der Waals surface area (Å²) in [6.07, 6.45) is 0.693. The van der Waals surface area contributed by atoms with Crippen LogP contribution >= 0.6 is 0 Å². The number of amides is 1. The second-order valence-electron chi connectivity index (χ2n) is 4.09. The zero-order valence-corrected chi connectivity index (χ0v) is 8.93. The van der Waals surface area contributed by atoms with Gasteiger partial charge in [0.25, 0.3) is 0 Å². The lowest BCUT2D eigenvalue weighted by Gasteiger charge is -2.04. The molecular formula is C12H13NO3. The molecule has 4 heteroatoms. The highest BCUT2D eigenvalue weighted by atomic mass is 16.4. The van der Waals surface area contributed by atoms with Crippen LogP contribution in [-0.4, -0.2) is 17.0 Å². The van der Waals surface area contributed by atoms with Gasteiger partial charge in [-0.2, -0.15) is 0 Å². The van der Waals surface area contributed by atoms with Crippen molar-refractivity contribution in [3.05, 3.63) is 29.8 Å². The molecule has 2 N–H and O–H groups in total. The zero-order valence-electron chi connectivity index (χ0n) is 8.93. The van der Waals surface area contributed by atoms with Gasteiger partial charge in [-0.1, -0.05) is 12.1 Å². The molecule has 84 valence electrons. The first-order valence-corrected chi connectivity index (χ1v) is 5.18. The Morgan fingerprint density at radius 1 is 1.44 bits per heavy atom. The molecule has 0 heterocycles. The minimum Gasteiger partial charge on any atom is -0.481 e. The van der Waals surface area contributed by atoms with Gasteiger partial charge in [-0.15, -0.1) is 0 Å². The van der Waals surface area contributed by atoms with Crippen molar-refractivity contribution in [2.24, 2.45) is 5.92 Å². The molecule has 1 fully saturated rings. The van der Waals surface area contributed by atoms with Crippen molar-refractivity contribution >= 4 is 17.6 Å². The van der Waals surface area contributed by atoms with E-state index in [1.165, 1.54) is 6.92 Å². The second-order valence-corrected chi connectivity index (χ2v) is 4.09. The summed E-state index contributed by atoms with van der Waals surface area (Å²) in [5.41, 5.74) is 1.71. The van der Waals surface area contributed by atoms with Gasteiger partial charge in [0.15, 0.2) is 0 Å². The fourth-order valence-corrected chi connectivity index (χ4v) is 1.89. The van der Waals surface area contributed by atoms with Crippen molar-refractivity contribution in [1.29, 1.82) is 0 Å². The van der Waals surface area contributed by atoms with Crippen LogP contribution in [0, 0.1) is 5.92 Å². The quantitative estimate of drug-likeness (QED) is 0.815. The van der Waals surface area contributed by atoms with Gasteiger partial charge < -0.3 is 10.4 Å². The van der Waals surface area contributed by atoms with E-state index in [1.54, 1.807) is 6.07 Å². The summed E-state index contributed by atoms with van der Waals surface area (Å²) in [7, 11) is 0. The first-order valence-electron chi connectivity index (χ1n) is 5.18. The van der Waals surface area contributed by atoms with Gasteiger partial charge in [0.1, 0.15) is 0 Å². The number of carbonyl (C=O) groups is 2. The molecule has 4 nitrogen and oxygen atoms in total. The number of benzene rings is 1. The standard InChI is InChI=1S/C12H13NO3/c1-7(14)13-9-4-2-3-8(5-9)10-6-11(10)12(15)16/h2-5,10-11H,6H2,1H3,(H,13,14)(H,15,16). The van der Waals surface area contributed by atoms with Crippen LogP contribution in [0.1, 0.15) is 24.8 Å². The van der Waals surface area contributed by atoms with Crippen LogP contribution < -0.4 is 5.32 Å². The van der Waals surface area contributed by atoms with E-state index in [0.29, 0.717) is 6.42 Å². The van der Waals surface area contributed by atoms with Gasteiger partial charge >= 0.3 is 5.97 Å². The molecule has 1 saturated carbocycles. The normalized spacial score (nSPS) is 22.6. The van der Waals surface area contributed by atoms with E-state index in [4.69, 9.17) is 5.11 Å². The summed E-state index contributed by atoms with van der Waals surface area (Å²) in [4.78, 5) is 21.6. The van der Waals surface area contributed by atoms with Gasteiger partial charge in [-0.25, -0.2) is 0 Å². The maximum atomic E-state index is 10.9. The van der Waals surface area contributed by atoms with Crippen molar-refractivity contribution < 1.29 is 14.7 Å². The first kappa shape index (κ1) is 10.7. The third kappa shape index (κ3) is 2.21. The molecule has 1 aliphatic carbocycles. The van der Waals surface area contributed by atoms with Gasteiger partial charge in [0, 0.05) is 12.6 Å². The molecule has 0 bridgehead atoms. The number of anilines is 1. The molecule has 0 aromatic heterocycles. The molecule has 2 unspecified atom stereocenters. The fourth-order valence-electron chi connectivity index (χ4n) is 1.89. The molecule has 2 atom stereocenters. The van der Waals surface area contributed by atoms with Gasteiger partial charge in [-0.3, -0.25) is 9.59 Å². The number of carboxylic acid groups (broad SMARTS) is 1. The smallest absolute Gasteiger partial charge is 0.307 e. The third-order valence-corrected chi connectivity index (χ3v) is 2.74. The number of hydrogen-bond acceptors (Lipinski definition) is 2. The maximum Gasteiger partial charge on any atom is 0.307 e.